The van der Waals surface area contributed by atoms with Gasteiger partial charge >= 0.3 is 11.9 Å². The van der Waals surface area contributed by atoms with Crippen LogP contribution in [0, 0.1) is 17.0 Å². The quantitative estimate of drug-likeness (QED) is 0.0186. The minimum absolute atomic E-state index is 0.00689. The van der Waals surface area contributed by atoms with Gasteiger partial charge in [0.2, 0.25) is 0 Å². The lowest BCUT2D eigenvalue weighted by Gasteiger charge is -2.33. The molecule has 0 aliphatic heterocycles. The highest BCUT2D eigenvalue weighted by Crippen LogP contribution is 2.39. The van der Waals surface area contributed by atoms with Crippen LogP contribution in [-0.2, 0) is 28.5 Å². The fourth-order valence-corrected chi connectivity index (χ4v) is 6.50. The molecule has 0 heterocycles. The Morgan fingerprint density at radius 1 is 0.783 bits per heavy atom. The van der Waals surface area contributed by atoms with E-state index in [0.29, 0.717) is 28.5 Å². The molecule has 0 spiro atoms. The number of non-ortho nitro benzene ring substituents is 1. The molecule has 60 heavy (non-hydrogen) atoms. The van der Waals surface area contributed by atoms with Crippen LogP contribution in [0.1, 0.15) is 110 Å². The van der Waals surface area contributed by atoms with E-state index in [9.17, 15) is 19.7 Å². The van der Waals surface area contributed by atoms with Crippen molar-refractivity contribution in [3.8, 4) is 0 Å². The number of rotatable bonds is 30. The highest BCUT2D eigenvalue weighted by Gasteiger charge is 2.37. The number of benzene rings is 2. The Hall–Kier alpha value is -5.50. The number of anilines is 1. The Morgan fingerprint density at radius 2 is 1.37 bits per heavy atom. The van der Waals surface area contributed by atoms with Gasteiger partial charge in [-0.2, -0.15) is 20.5 Å². The van der Waals surface area contributed by atoms with Crippen LogP contribution in [-0.4, -0.2) is 62.0 Å². The van der Waals surface area contributed by atoms with E-state index in [1.807, 2.05) is 13.0 Å². The molecule has 2 aromatic carbocycles. The number of nitrogens with zero attached hydrogens (tertiary/aromatic N) is 6. The molecule has 0 bridgehead atoms. The van der Waals surface area contributed by atoms with Gasteiger partial charge in [-0.15, -0.1) is 0 Å². The largest absolute Gasteiger partial charge is 0.488 e. The Labute approximate surface area is 355 Å². The zero-order valence-electron chi connectivity index (χ0n) is 36.1. The molecule has 0 saturated carbocycles. The number of nitro groups is 1. The molecule has 0 fully saturated rings. The van der Waals surface area contributed by atoms with Crippen molar-refractivity contribution in [2.75, 3.05) is 44.4 Å². The Kier molecular flexibility index (Phi) is 22.2. The third-order valence-corrected chi connectivity index (χ3v) is 9.99. The second-order valence-electron chi connectivity index (χ2n) is 14.9. The van der Waals surface area contributed by atoms with Crippen LogP contribution in [0.15, 0.2) is 111 Å². The van der Waals surface area contributed by atoms with Crippen molar-refractivity contribution < 1.29 is 33.5 Å². The zero-order chi connectivity index (χ0) is 43.6. The summed E-state index contributed by atoms with van der Waals surface area (Å²) in [5.41, 5.74) is 2.73. The summed E-state index contributed by atoms with van der Waals surface area (Å²) in [7, 11) is 0. The molecule has 1 atom stereocenters. The number of aryl methyl sites for hydroxylation is 1. The van der Waals surface area contributed by atoms with Crippen LogP contribution < -0.4 is 4.90 Å². The third-order valence-electron chi connectivity index (χ3n) is 9.99. The molecule has 0 amide bonds. The number of ether oxygens (including phenoxy) is 4. The lowest BCUT2D eigenvalue weighted by Crippen LogP contribution is -2.35. The van der Waals surface area contributed by atoms with Gasteiger partial charge in [0.05, 0.1) is 28.6 Å². The smallest absolute Gasteiger partial charge is 0.330 e. The summed E-state index contributed by atoms with van der Waals surface area (Å²) < 4.78 is 22.7. The molecular weight excluding hydrogens is 765 g/mol. The topological polar surface area (TPSA) is 167 Å². The first-order chi connectivity index (χ1) is 29.0. The average molecular weight is 829 g/mol. The highest BCUT2D eigenvalue weighted by molar-refractivity contribution is 5.81. The van der Waals surface area contributed by atoms with Crippen molar-refractivity contribution in [3.63, 3.8) is 0 Å². The maximum Gasteiger partial charge on any atom is 0.330 e. The van der Waals surface area contributed by atoms with Crippen LogP contribution in [0.2, 0.25) is 0 Å². The number of unbranched alkanes of at least 4 members (excludes halogenated alkanes) is 10. The molecule has 2 aromatic rings. The maximum absolute atomic E-state index is 11.7. The number of azo groups is 2. The van der Waals surface area contributed by atoms with Crippen molar-refractivity contribution in [2.24, 2.45) is 20.5 Å². The van der Waals surface area contributed by atoms with E-state index in [-0.39, 0.29) is 38.5 Å². The second-order valence-corrected chi connectivity index (χ2v) is 14.9. The molecule has 0 saturated heterocycles. The van der Waals surface area contributed by atoms with Crippen LogP contribution >= 0.6 is 0 Å². The van der Waals surface area contributed by atoms with Crippen LogP contribution in [0.4, 0.5) is 22.7 Å². The molecule has 14 heteroatoms. The molecule has 14 nitrogen and oxygen atoms in total. The van der Waals surface area contributed by atoms with E-state index >= 15 is 0 Å². The first-order valence-corrected chi connectivity index (χ1v) is 21.3. The van der Waals surface area contributed by atoms with Crippen LogP contribution in [0.3, 0.4) is 0 Å². The Morgan fingerprint density at radius 3 is 1.93 bits per heavy atom. The van der Waals surface area contributed by atoms with Crippen LogP contribution in [0.5, 0.6) is 0 Å². The number of carbonyl (C=O) groups excluding carboxylic acids is 2. The van der Waals surface area contributed by atoms with E-state index in [2.05, 4.69) is 54.3 Å². The molecule has 326 valence electrons. The van der Waals surface area contributed by atoms with E-state index in [0.717, 1.165) is 43.6 Å². The lowest BCUT2D eigenvalue weighted by molar-refractivity contribution is -0.384. The molecule has 0 aromatic heterocycles. The third kappa shape index (κ3) is 17.4. The molecule has 3 rings (SSSR count). The molecule has 0 radical (unpaired) electrons. The molecule has 0 N–H and O–H groups in total. The van der Waals surface area contributed by atoms with Gasteiger partial charge in [0.1, 0.15) is 36.9 Å². The van der Waals surface area contributed by atoms with Gasteiger partial charge in [-0.25, -0.2) is 9.59 Å². The van der Waals surface area contributed by atoms with Crippen molar-refractivity contribution in [1.29, 1.82) is 0 Å². The Balaban J connectivity index is 1.95. The zero-order valence-corrected chi connectivity index (χ0v) is 36.1. The minimum Gasteiger partial charge on any atom is -0.488 e. The van der Waals surface area contributed by atoms with Crippen LogP contribution in [0.25, 0.3) is 0 Å². The molecular formula is C46H64N6O8. The predicted molar refractivity (Wildman–Crippen MR) is 235 cm³/mol. The fourth-order valence-electron chi connectivity index (χ4n) is 6.50. The van der Waals surface area contributed by atoms with E-state index in [4.69, 9.17) is 29.2 Å². The summed E-state index contributed by atoms with van der Waals surface area (Å²) in [6.45, 7) is 17.1. The monoisotopic (exact) mass is 828 g/mol. The number of esters is 2. The van der Waals surface area contributed by atoms with Gasteiger partial charge in [0.25, 0.3) is 5.69 Å². The van der Waals surface area contributed by atoms with Crippen molar-refractivity contribution in [2.45, 2.75) is 117 Å². The van der Waals surface area contributed by atoms with Crippen molar-refractivity contribution in [1.82, 2.24) is 0 Å². The first kappa shape index (κ1) is 48.9. The van der Waals surface area contributed by atoms with Crippen molar-refractivity contribution >= 4 is 34.7 Å². The van der Waals surface area contributed by atoms with E-state index in [1.165, 1.54) is 94.2 Å². The number of hydrogen-bond donors (Lipinski definition) is 0. The second kappa shape index (κ2) is 27.3. The van der Waals surface area contributed by atoms with E-state index in [1.54, 1.807) is 13.0 Å². The van der Waals surface area contributed by atoms with Crippen molar-refractivity contribution in [3.05, 3.63) is 107 Å². The number of allylic oxidation sites excluding steroid dienone is 1. The first-order valence-electron chi connectivity index (χ1n) is 21.3. The average Bonchev–Trinajstić information content (AvgIpc) is 3.25. The van der Waals surface area contributed by atoms with Gasteiger partial charge in [-0.1, -0.05) is 91.2 Å². The van der Waals surface area contributed by atoms with Gasteiger partial charge in [-0.3, -0.25) is 10.1 Å². The standard InChI is InChI=1S/C46H64N6O8/c1-7-11-13-15-17-19-27-51(28-20-18-16-14-12-8-2)39-25-26-40(36(5)33-39)48-49-41-35-46(6,60-32-31-59-45(54)10-4)43(34-42(41)57-29-30-58-44(53)9-3)50-47-37-21-23-38(24-22-37)52(55)56/h9-10,21-26,33-34H,3-4,7-8,11-20,27-32,35H2,1-2,5-6H3/b49-48+,50-47+. The van der Waals surface area contributed by atoms with Gasteiger partial charge in [0.15, 0.2) is 0 Å². The summed E-state index contributed by atoms with van der Waals surface area (Å²) in [5, 5.41) is 29.4. The highest BCUT2D eigenvalue weighted by atomic mass is 16.6. The number of nitro benzene ring substituents is 1. The molecule has 1 unspecified atom stereocenters. The normalized spacial score (nSPS) is 15.2. The predicted octanol–water partition coefficient (Wildman–Crippen LogP) is 12.0. The fraction of sp³-hybridized carbons (Fsp3) is 0.522. The molecule has 1 aliphatic carbocycles. The summed E-state index contributed by atoms with van der Waals surface area (Å²) in [5.74, 6) is -0.861. The summed E-state index contributed by atoms with van der Waals surface area (Å²) in [4.78, 5) is 36.6. The maximum atomic E-state index is 11.7. The number of hydrogen-bond acceptors (Lipinski definition) is 13. The van der Waals surface area contributed by atoms with Gasteiger partial charge in [-0.05, 0) is 62.6 Å². The lowest BCUT2D eigenvalue weighted by atomic mass is 9.90. The van der Waals surface area contributed by atoms with Gasteiger partial charge < -0.3 is 23.8 Å². The SMILES string of the molecule is C=CC(=O)OCCOC1=C(/N=N/c2ccc(N(CCCCCCCC)CCCCCCCC)cc2C)CC(C)(OCCOC(=O)C=C)C(/N=N/c2ccc([N+](=O)[O-])cc2)=C1. The molecule has 1 aliphatic rings. The minimum atomic E-state index is -1.16. The van der Waals surface area contributed by atoms with E-state index < -0.39 is 22.5 Å². The number of carbonyl (C=O) groups is 2. The van der Waals surface area contributed by atoms with Gasteiger partial charge in [0, 0.05) is 55.6 Å². The summed E-state index contributed by atoms with van der Waals surface area (Å²) >= 11 is 0. The summed E-state index contributed by atoms with van der Waals surface area (Å²) in [6.07, 6.45) is 18.8. The Bertz CT molecular complexity index is 1810. The summed E-state index contributed by atoms with van der Waals surface area (Å²) in [6, 6.07) is 11.9.